The SMILES string of the molecule is N#Cc1nnn(-c2cccc(F)c2)c1C1CCCO1. The van der Waals surface area contributed by atoms with E-state index in [2.05, 4.69) is 10.3 Å². The molecule has 1 fully saturated rings. The highest BCUT2D eigenvalue weighted by Gasteiger charge is 2.27. The van der Waals surface area contributed by atoms with Crippen LogP contribution in [-0.4, -0.2) is 21.6 Å². The second-order valence-electron chi connectivity index (χ2n) is 4.33. The molecule has 1 aliphatic heterocycles. The Morgan fingerprint density at radius 1 is 1.47 bits per heavy atom. The van der Waals surface area contributed by atoms with Crippen LogP contribution in [0.3, 0.4) is 0 Å². The maximum absolute atomic E-state index is 13.3. The smallest absolute Gasteiger partial charge is 0.189 e. The standard InChI is InChI=1S/C13H11FN4O/c14-9-3-1-4-10(7-9)18-13(11(8-15)16-17-18)12-5-2-6-19-12/h1,3-4,7,12H,2,5-6H2. The van der Waals surface area contributed by atoms with Crippen molar-refractivity contribution in [1.82, 2.24) is 15.0 Å². The van der Waals surface area contributed by atoms with E-state index in [0.29, 0.717) is 18.0 Å². The summed E-state index contributed by atoms with van der Waals surface area (Å²) in [6.45, 7) is 0.657. The number of hydrogen-bond donors (Lipinski definition) is 0. The predicted molar refractivity (Wildman–Crippen MR) is 64.0 cm³/mol. The Balaban J connectivity index is 2.11. The maximum atomic E-state index is 13.3. The van der Waals surface area contributed by atoms with Gasteiger partial charge < -0.3 is 4.74 Å². The van der Waals surface area contributed by atoms with Gasteiger partial charge in [0.15, 0.2) is 5.69 Å². The van der Waals surface area contributed by atoms with Gasteiger partial charge in [-0.3, -0.25) is 0 Å². The van der Waals surface area contributed by atoms with E-state index in [1.165, 1.54) is 16.8 Å². The highest BCUT2D eigenvalue weighted by Crippen LogP contribution is 2.31. The molecule has 1 unspecified atom stereocenters. The Morgan fingerprint density at radius 3 is 3.05 bits per heavy atom. The number of benzene rings is 1. The number of hydrogen-bond acceptors (Lipinski definition) is 4. The van der Waals surface area contributed by atoms with Gasteiger partial charge in [-0.1, -0.05) is 11.3 Å². The Kier molecular flexibility index (Phi) is 2.97. The van der Waals surface area contributed by atoms with Gasteiger partial charge in [-0.25, -0.2) is 9.07 Å². The zero-order valence-electron chi connectivity index (χ0n) is 10.1. The average molecular weight is 258 g/mol. The molecular formula is C13H11FN4O. The molecule has 0 N–H and O–H groups in total. The first-order valence-corrected chi connectivity index (χ1v) is 6.03. The quantitative estimate of drug-likeness (QED) is 0.827. The van der Waals surface area contributed by atoms with Crippen LogP contribution in [0.4, 0.5) is 4.39 Å². The van der Waals surface area contributed by atoms with Crippen molar-refractivity contribution in [3.63, 3.8) is 0 Å². The van der Waals surface area contributed by atoms with Gasteiger partial charge in [0.25, 0.3) is 0 Å². The van der Waals surface area contributed by atoms with E-state index in [-0.39, 0.29) is 17.6 Å². The number of nitrogens with zero attached hydrogens (tertiary/aromatic N) is 4. The Bertz CT molecular complexity index is 640. The molecule has 0 amide bonds. The maximum Gasteiger partial charge on any atom is 0.189 e. The first-order chi connectivity index (χ1) is 9.29. The van der Waals surface area contributed by atoms with Crippen molar-refractivity contribution >= 4 is 0 Å². The lowest BCUT2D eigenvalue weighted by Crippen LogP contribution is -2.08. The summed E-state index contributed by atoms with van der Waals surface area (Å²) in [7, 11) is 0. The van der Waals surface area contributed by atoms with E-state index in [1.807, 2.05) is 6.07 Å². The summed E-state index contributed by atoms with van der Waals surface area (Å²) < 4.78 is 20.4. The molecule has 0 radical (unpaired) electrons. The molecule has 2 heterocycles. The van der Waals surface area contributed by atoms with Crippen molar-refractivity contribution in [2.24, 2.45) is 0 Å². The van der Waals surface area contributed by atoms with Gasteiger partial charge in [-0.05, 0) is 31.0 Å². The lowest BCUT2D eigenvalue weighted by Gasteiger charge is -2.12. The molecule has 0 aliphatic carbocycles. The summed E-state index contributed by atoms with van der Waals surface area (Å²) in [6.07, 6.45) is 1.55. The van der Waals surface area contributed by atoms with Crippen molar-refractivity contribution in [2.45, 2.75) is 18.9 Å². The lowest BCUT2D eigenvalue weighted by atomic mass is 10.1. The van der Waals surface area contributed by atoms with Crippen molar-refractivity contribution in [3.8, 4) is 11.8 Å². The molecule has 0 spiro atoms. The summed E-state index contributed by atoms with van der Waals surface area (Å²) >= 11 is 0. The Labute approximate surface area is 109 Å². The second kappa shape index (κ2) is 4.78. The fourth-order valence-electron chi connectivity index (χ4n) is 2.25. The van der Waals surface area contributed by atoms with E-state index >= 15 is 0 Å². The summed E-state index contributed by atoms with van der Waals surface area (Å²) in [5.41, 5.74) is 1.38. The summed E-state index contributed by atoms with van der Waals surface area (Å²) in [6, 6.07) is 8.04. The number of rotatable bonds is 2. The number of halogens is 1. The molecular weight excluding hydrogens is 247 g/mol. The lowest BCUT2D eigenvalue weighted by molar-refractivity contribution is 0.106. The van der Waals surface area contributed by atoms with Crippen molar-refractivity contribution < 1.29 is 9.13 Å². The molecule has 1 atom stereocenters. The van der Waals surface area contributed by atoms with E-state index < -0.39 is 0 Å². The minimum atomic E-state index is -0.357. The van der Waals surface area contributed by atoms with Gasteiger partial charge in [-0.15, -0.1) is 5.10 Å². The number of ether oxygens (including phenoxy) is 1. The fraction of sp³-hybridized carbons (Fsp3) is 0.308. The highest BCUT2D eigenvalue weighted by atomic mass is 19.1. The minimum Gasteiger partial charge on any atom is -0.372 e. The fourth-order valence-corrected chi connectivity index (χ4v) is 2.25. The zero-order valence-corrected chi connectivity index (χ0v) is 10.1. The first kappa shape index (κ1) is 11.8. The van der Waals surface area contributed by atoms with Gasteiger partial charge in [0.05, 0.1) is 5.69 Å². The molecule has 1 aliphatic rings. The molecule has 96 valence electrons. The van der Waals surface area contributed by atoms with Crippen molar-refractivity contribution in [2.75, 3.05) is 6.61 Å². The Morgan fingerprint density at radius 2 is 2.37 bits per heavy atom. The second-order valence-corrected chi connectivity index (χ2v) is 4.33. The molecule has 3 rings (SSSR count). The number of aromatic nitrogens is 3. The molecule has 5 nitrogen and oxygen atoms in total. The molecule has 0 bridgehead atoms. The molecule has 1 aromatic carbocycles. The van der Waals surface area contributed by atoms with Crippen molar-refractivity contribution in [1.29, 1.82) is 5.26 Å². The van der Waals surface area contributed by atoms with E-state index in [0.717, 1.165) is 12.8 Å². The topological polar surface area (TPSA) is 63.7 Å². The predicted octanol–water partition coefficient (Wildman–Crippen LogP) is 2.13. The third kappa shape index (κ3) is 2.09. The molecule has 6 heteroatoms. The van der Waals surface area contributed by atoms with Crippen LogP contribution in [0.15, 0.2) is 24.3 Å². The van der Waals surface area contributed by atoms with Crippen LogP contribution < -0.4 is 0 Å². The zero-order chi connectivity index (χ0) is 13.2. The molecule has 1 saturated heterocycles. The van der Waals surface area contributed by atoms with Crippen LogP contribution in [-0.2, 0) is 4.74 Å². The van der Waals surface area contributed by atoms with E-state index in [9.17, 15) is 4.39 Å². The van der Waals surface area contributed by atoms with Gasteiger partial charge in [0.2, 0.25) is 0 Å². The van der Waals surface area contributed by atoms with Crippen LogP contribution in [0.2, 0.25) is 0 Å². The molecule has 1 aromatic heterocycles. The van der Waals surface area contributed by atoms with Gasteiger partial charge in [0.1, 0.15) is 23.7 Å². The van der Waals surface area contributed by atoms with E-state index in [4.69, 9.17) is 10.00 Å². The van der Waals surface area contributed by atoms with Crippen LogP contribution in [0, 0.1) is 17.1 Å². The van der Waals surface area contributed by atoms with E-state index in [1.54, 1.807) is 12.1 Å². The van der Waals surface area contributed by atoms with Gasteiger partial charge >= 0.3 is 0 Å². The normalized spacial score (nSPS) is 18.4. The van der Waals surface area contributed by atoms with Crippen LogP contribution in [0.25, 0.3) is 5.69 Å². The largest absolute Gasteiger partial charge is 0.372 e. The summed E-state index contributed by atoms with van der Waals surface area (Å²) in [4.78, 5) is 0. The monoisotopic (exact) mass is 258 g/mol. The third-order valence-electron chi connectivity index (χ3n) is 3.10. The number of nitriles is 1. The van der Waals surface area contributed by atoms with Crippen LogP contribution in [0.1, 0.15) is 30.3 Å². The van der Waals surface area contributed by atoms with Crippen molar-refractivity contribution in [3.05, 3.63) is 41.5 Å². The van der Waals surface area contributed by atoms with Gasteiger partial charge in [-0.2, -0.15) is 5.26 Å². The Hall–Kier alpha value is -2.26. The first-order valence-electron chi connectivity index (χ1n) is 6.03. The minimum absolute atomic E-state index is 0.201. The highest BCUT2D eigenvalue weighted by molar-refractivity contribution is 5.37. The van der Waals surface area contributed by atoms with Gasteiger partial charge in [0, 0.05) is 6.61 Å². The summed E-state index contributed by atoms with van der Waals surface area (Å²) in [5, 5.41) is 16.9. The average Bonchev–Trinajstić information content (AvgIpc) is 3.07. The molecule has 19 heavy (non-hydrogen) atoms. The summed E-state index contributed by atoms with van der Waals surface area (Å²) in [5.74, 6) is -0.357. The van der Waals surface area contributed by atoms with Crippen LogP contribution >= 0.6 is 0 Å². The molecule has 0 saturated carbocycles. The molecule has 2 aromatic rings. The van der Waals surface area contributed by atoms with Crippen LogP contribution in [0.5, 0.6) is 0 Å². The third-order valence-corrected chi connectivity index (χ3v) is 3.10.